The number of aryl methyl sites for hydroxylation is 1. The SMILES string of the molecule is Cc1ccc(-c2csc(=O)n2CC(=O)N2CCc3sccc3C2c2cccs2)cc1. The van der Waals surface area contributed by atoms with Gasteiger partial charge >= 0.3 is 4.87 Å². The average molecular weight is 453 g/mol. The Labute approximate surface area is 186 Å². The predicted octanol–water partition coefficient (Wildman–Crippen LogP) is 5.18. The van der Waals surface area contributed by atoms with E-state index in [4.69, 9.17) is 0 Å². The predicted molar refractivity (Wildman–Crippen MR) is 125 cm³/mol. The Balaban J connectivity index is 1.48. The van der Waals surface area contributed by atoms with Crippen LogP contribution in [-0.4, -0.2) is 21.9 Å². The van der Waals surface area contributed by atoms with Gasteiger partial charge < -0.3 is 4.90 Å². The van der Waals surface area contributed by atoms with E-state index in [9.17, 15) is 9.59 Å². The zero-order chi connectivity index (χ0) is 20.7. The van der Waals surface area contributed by atoms with Crippen molar-refractivity contribution in [2.45, 2.75) is 25.9 Å². The minimum absolute atomic E-state index is 0.0147. The minimum atomic E-state index is -0.0974. The number of aromatic nitrogens is 1. The second kappa shape index (κ2) is 7.98. The number of carbonyl (C=O) groups excluding carboxylic acids is 1. The number of carbonyl (C=O) groups is 1. The molecule has 4 aromatic rings. The highest BCUT2D eigenvalue weighted by atomic mass is 32.1. The van der Waals surface area contributed by atoms with Gasteiger partial charge in [0.25, 0.3) is 0 Å². The summed E-state index contributed by atoms with van der Waals surface area (Å²) in [5, 5.41) is 6.01. The van der Waals surface area contributed by atoms with Crippen LogP contribution in [0.3, 0.4) is 0 Å². The van der Waals surface area contributed by atoms with Gasteiger partial charge in [0, 0.05) is 21.7 Å². The van der Waals surface area contributed by atoms with Gasteiger partial charge in [0.15, 0.2) is 0 Å². The summed E-state index contributed by atoms with van der Waals surface area (Å²) in [6.45, 7) is 2.77. The van der Waals surface area contributed by atoms with Crippen molar-refractivity contribution in [3.8, 4) is 11.3 Å². The monoisotopic (exact) mass is 452 g/mol. The maximum Gasteiger partial charge on any atom is 0.308 e. The van der Waals surface area contributed by atoms with Crippen molar-refractivity contribution in [1.29, 1.82) is 0 Å². The molecule has 1 atom stereocenters. The number of hydrogen-bond acceptors (Lipinski definition) is 5. The van der Waals surface area contributed by atoms with Crippen molar-refractivity contribution in [3.05, 3.63) is 89.2 Å². The molecule has 0 bridgehead atoms. The van der Waals surface area contributed by atoms with Gasteiger partial charge in [0.2, 0.25) is 5.91 Å². The van der Waals surface area contributed by atoms with Crippen LogP contribution < -0.4 is 4.87 Å². The van der Waals surface area contributed by atoms with E-state index < -0.39 is 0 Å². The fourth-order valence-corrected chi connectivity index (χ4v) is 6.52. The van der Waals surface area contributed by atoms with Gasteiger partial charge in [-0.1, -0.05) is 47.2 Å². The average Bonchev–Trinajstić information content (AvgIpc) is 3.50. The second-order valence-corrected chi connectivity index (χ2v) is 10.2. The lowest BCUT2D eigenvalue weighted by Gasteiger charge is -2.35. The lowest BCUT2D eigenvalue weighted by molar-refractivity contribution is -0.133. The van der Waals surface area contributed by atoms with E-state index in [-0.39, 0.29) is 23.4 Å². The van der Waals surface area contributed by atoms with E-state index in [1.54, 1.807) is 27.2 Å². The molecule has 0 spiro atoms. The minimum Gasteiger partial charge on any atom is -0.329 e. The molecule has 30 heavy (non-hydrogen) atoms. The molecule has 3 aromatic heterocycles. The topological polar surface area (TPSA) is 42.3 Å². The summed E-state index contributed by atoms with van der Waals surface area (Å²) in [5.74, 6) is -0.0147. The molecule has 5 rings (SSSR count). The molecule has 152 valence electrons. The molecule has 4 nitrogen and oxygen atoms in total. The van der Waals surface area contributed by atoms with Crippen molar-refractivity contribution >= 4 is 39.9 Å². The largest absolute Gasteiger partial charge is 0.329 e. The number of hydrogen-bond donors (Lipinski definition) is 0. The summed E-state index contributed by atoms with van der Waals surface area (Å²) in [4.78, 5) is 30.4. The number of thiophene rings is 2. The van der Waals surface area contributed by atoms with Crippen LogP contribution in [0.2, 0.25) is 0 Å². The lowest BCUT2D eigenvalue weighted by atomic mass is 9.98. The highest BCUT2D eigenvalue weighted by Crippen LogP contribution is 2.39. The van der Waals surface area contributed by atoms with Crippen LogP contribution in [0.5, 0.6) is 0 Å². The highest BCUT2D eigenvalue weighted by Gasteiger charge is 2.33. The van der Waals surface area contributed by atoms with E-state index in [1.165, 1.54) is 15.3 Å². The quantitative estimate of drug-likeness (QED) is 0.428. The van der Waals surface area contributed by atoms with Crippen LogP contribution in [-0.2, 0) is 17.8 Å². The first-order valence-electron chi connectivity index (χ1n) is 9.76. The third-order valence-corrected chi connectivity index (χ3v) is 8.21. The Morgan fingerprint density at radius 2 is 1.90 bits per heavy atom. The molecule has 1 aliphatic rings. The van der Waals surface area contributed by atoms with Gasteiger partial charge in [0.05, 0.1) is 11.7 Å². The Hall–Kier alpha value is -2.48. The first kappa shape index (κ1) is 19.5. The zero-order valence-electron chi connectivity index (χ0n) is 16.4. The lowest BCUT2D eigenvalue weighted by Crippen LogP contribution is -2.42. The summed E-state index contributed by atoms with van der Waals surface area (Å²) in [7, 11) is 0. The number of rotatable bonds is 4. The first-order chi connectivity index (χ1) is 14.6. The summed E-state index contributed by atoms with van der Waals surface area (Å²) in [6, 6.07) is 14.3. The summed E-state index contributed by atoms with van der Waals surface area (Å²) >= 11 is 4.58. The van der Waals surface area contributed by atoms with Gasteiger partial charge in [0.1, 0.15) is 6.54 Å². The molecule has 0 N–H and O–H groups in total. The zero-order valence-corrected chi connectivity index (χ0v) is 18.9. The molecule has 0 saturated carbocycles. The van der Waals surface area contributed by atoms with Crippen molar-refractivity contribution in [1.82, 2.24) is 9.47 Å². The van der Waals surface area contributed by atoms with Gasteiger partial charge in [-0.25, -0.2) is 0 Å². The van der Waals surface area contributed by atoms with Crippen molar-refractivity contribution < 1.29 is 4.79 Å². The molecular formula is C23H20N2O2S3. The van der Waals surface area contributed by atoms with Gasteiger partial charge in [-0.3, -0.25) is 14.2 Å². The standard InChI is InChI=1S/C23H20N2O2S3/c1-15-4-6-16(7-5-15)18-14-30-23(27)25(18)13-21(26)24-10-8-19-17(9-12-29-19)22(24)20-3-2-11-28-20/h2-7,9,11-12,14,22H,8,10,13H2,1H3. The number of thiazole rings is 1. The number of nitrogens with zero attached hydrogens (tertiary/aromatic N) is 2. The van der Waals surface area contributed by atoms with Crippen LogP contribution >= 0.6 is 34.0 Å². The molecule has 1 aromatic carbocycles. The van der Waals surface area contributed by atoms with E-state index in [0.29, 0.717) is 6.54 Å². The summed E-state index contributed by atoms with van der Waals surface area (Å²) < 4.78 is 1.62. The number of amides is 1. The van der Waals surface area contributed by atoms with E-state index in [1.807, 2.05) is 47.5 Å². The summed E-state index contributed by atoms with van der Waals surface area (Å²) in [6.07, 6.45) is 0.865. The van der Waals surface area contributed by atoms with E-state index in [2.05, 4.69) is 22.9 Å². The van der Waals surface area contributed by atoms with Gasteiger partial charge in [-0.05, 0) is 47.4 Å². The Morgan fingerprint density at radius 3 is 2.67 bits per heavy atom. The van der Waals surface area contributed by atoms with E-state index in [0.717, 1.165) is 34.6 Å². The van der Waals surface area contributed by atoms with Gasteiger partial charge in [-0.2, -0.15) is 0 Å². The van der Waals surface area contributed by atoms with Crippen molar-refractivity contribution in [3.63, 3.8) is 0 Å². The second-order valence-electron chi connectivity index (χ2n) is 7.39. The van der Waals surface area contributed by atoms with E-state index >= 15 is 0 Å². The maximum absolute atomic E-state index is 13.5. The van der Waals surface area contributed by atoms with Gasteiger partial charge in [-0.15, -0.1) is 22.7 Å². The van der Waals surface area contributed by atoms with Crippen LogP contribution in [0.25, 0.3) is 11.3 Å². The van der Waals surface area contributed by atoms with Crippen molar-refractivity contribution in [2.24, 2.45) is 0 Å². The molecule has 0 fully saturated rings. The van der Waals surface area contributed by atoms with Crippen molar-refractivity contribution in [2.75, 3.05) is 6.54 Å². The third kappa shape index (κ3) is 3.47. The molecule has 1 amide bonds. The number of fused-ring (bicyclic) bond motifs is 1. The Bertz CT molecular complexity index is 1230. The molecule has 1 unspecified atom stereocenters. The molecular weight excluding hydrogens is 432 g/mol. The first-order valence-corrected chi connectivity index (χ1v) is 12.4. The fraction of sp³-hybridized carbons (Fsp3) is 0.217. The summed E-state index contributed by atoms with van der Waals surface area (Å²) in [5.41, 5.74) is 4.15. The smallest absolute Gasteiger partial charge is 0.308 e. The Kier molecular flexibility index (Phi) is 5.18. The molecule has 4 heterocycles. The van der Waals surface area contributed by atoms with Crippen LogP contribution in [0.1, 0.15) is 26.9 Å². The van der Waals surface area contributed by atoms with Crippen LogP contribution in [0.4, 0.5) is 0 Å². The highest BCUT2D eigenvalue weighted by molar-refractivity contribution is 7.10. The number of benzene rings is 1. The normalized spacial score (nSPS) is 15.9. The van der Waals surface area contributed by atoms with Crippen LogP contribution in [0.15, 0.2) is 63.4 Å². The van der Waals surface area contributed by atoms with Crippen LogP contribution in [0, 0.1) is 6.92 Å². The molecule has 0 saturated heterocycles. The maximum atomic E-state index is 13.5. The Morgan fingerprint density at radius 1 is 1.07 bits per heavy atom. The molecule has 7 heteroatoms. The molecule has 0 aliphatic carbocycles. The third-order valence-electron chi connectivity index (χ3n) is 5.52. The molecule has 1 aliphatic heterocycles. The fourth-order valence-electron chi connectivity index (χ4n) is 3.99. The molecule has 0 radical (unpaired) electrons.